The largest absolute Gasteiger partial charge is 0.366 e. The number of alkyl halides is 1. The molecule has 1 atom stereocenters. The maximum atomic E-state index is 14.1. The van der Waals surface area contributed by atoms with Crippen molar-refractivity contribution < 1.29 is 4.39 Å². The SMILES string of the molecule is CC(C)C1CCCN1c1c(F)cccc1CBr. The van der Waals surface area contributed by atoms with Crippen LogP contribution in [-0.2, 0) is 5.33 Å². The van der Waals surface area contributed by atoms with E-state index >= 15 is 0 Å². The topological polar surface area (TPSA) is 3.24 Å². The summed E-state index contributed by atoms with van der Waals surface area (Å²) < 4.78 is 14.1. The normalized spacial score (nSPS) is 20.3. The summed E-state index contributed by atoms with van der Waals surface area (Å²) in [6.45, 7) is 5.42. The zero-order chi connectivity index (χ0) is 12.4. The number of nitrogens with zero attached hydrogens (tertiary/aromatic N) is 1. The van der Waals surface area contributed by atoms with Gasteiger partial charge < -0.3 is 4.90 Å². The molecule has 0 amide bonds. The van der Waals surface area contributed by atoms with E-state index in [-0.39, 0.29) is 5.82 Å². The van der Waals surface area contributed by atoms with Crippen LogP contribution in [0.5, 0.6) is 0 Å². The Balaban J connectivity index is 2.39. The lowest BCUT2D eigenvalue weighted by Crippen LogP contribution is -2.34. The van der Waals surface area contributed by atoms with Crippen molar-refractivity contribution >= 4 is 21.6 Å². The monoisotopic (exact) mass is 299 g/mol. The highest BCUT2D eigenvalue weighted by Crippen LogP contribution is 2.34. The molecule has 1 heterocycles. The molecule has 94 valence electrons. The number of hydrogen-bond acceptors (Lipinski definition) is 1. The fraction of sp³-hybridized carbons (Fsp3) is 0.571. The van der Waals surface area contributed by atoms with Gasteiger partial charge in [0.15, 0.2) is 0 Å². The van der Waals surface area contributed by atoms with Crippen LogP contribution < -0.4 is 4.90 Å². The quantitative estimate of drug-likeness (QED) is 0.750. The molecule has 1 aromatic rings. The van der Waals surface area contributed by atoms with Gasteiger partial charge in [-0.3, -0.25) is 0 Å². The van der Waals surface area contributed by atoms with Gasteiger partial charge >= 0.3 is 0 Å². The molecule has 0 bridgehead atoms. The average molecular weight is 300 g/mol. The van der Waals surface area contributed by atoms with Crippen LogP contribution in [0.4, 0.5) is 10.1 Å². The highest BCUT2D eigenvalue weighted by Gasteiger charge is 2.30. The lowest BCUT2D eigenvalue weighted by Gasteiger charge is -2.31. The van der Waals surface area contributed by atoms with Crippen LogP contribution in [-0.4, -0.2) is 12.6 Å². The van der Waals surface area contributed by atoms with Gasteiger partial charge in [0, 0.05) is 17.9 Å². The fourth-order valence-electron chi connectivity index (χ4n) is 2.75. The van der Waals surface area contributed by atoms with E-state index in [9.17, 15) is 4.39 Å². The van der Waals surface area contributed by atoms with Gasteiger partial charge in [0.1, 0.15) is 5.82 Å². The molecule has 0 aromatic heterocycles. The molecule has 1 aliphatic rings. The van der Waals surface area contributed by atoms with Gasteiger partial charge in [-0.1, -0.05) is 41.9 Å². The number of hydrogen-bond donors (Lipinski definition) is 0. The smallest absolute Gasteiger partial charge is 0.146 e. The molecule has 1 unspecified atom stereocenters. The molecule has 0 spiro atoms. The van der Waals surface area contributed by atoms with E-state index in [2.05, 4.69) is 34.7 Å². The van der Waals surface area contributed by atoms with Crippen LogP contribution in [0.15, 0.2) is 18.2 Å². The van der Waals surface area contributed by atoms with Gasteiger partial charge in [-0.05, 0) is 30.4 Å². The number of rotatable bonds is 3. The molecule has 1 aromatic carbocycles. The Morgan fingerprint density at radius 1 is 1.47 bits per heavy atom. The Morgan fingerprint density at radius 2 is 2.24 bits per heavy atom. The van der Waals surface area contributed by atoms with Crippen molar-refractivity contribution in [3.05, 3.63) is 29.6 Å². The summed E-state index contributed by atoms with van der Waals surface area (Å²) in [5.74, 6) is 0.481. The summed E-state index contributed by atoms with van der Waals surface area (Å²) in [4.78, 5) is 2.26. The third kappa shape index (κ3) is 2.49. The molecule has 0 N–H and O–H groups in total. The molecular formula is C14H19BrFN. The van der Waals surface area contributed by atoms with Gasteiger partial charge in [0.05, 0.1) is 5.69 Å². The van der Waals surface area contributed by atoms with Crippen LogP contribution in [0.25, 0.3) is 0 Å². The molecule has 1 aliphatic heterocycles. The van der Waals surface area contributed by atoms with E-state index in [1.54, 1.807) is 12.1 Å². The number of para-hydroxylation sites is 1. The summed E-state index contributed by atoms with van der Waals surface area (Å²) in [7, 11) is 0. The van der Waals surface area contributed by atoms with Gasteiger partial charge in [0.2, 0.25) is 0 Å². The van der Waals surface area contributed by atoms with Gasteiger partial charge in [-0.2, -0.15) is 0 Å². The van der Waals surface area contributed by atoms with Crippen molar-refractivity contribution in [2.75, 3.05) is 11.4 Å². The molecule has 1 fully saturated rings. The van der Waals surface area contributed by atoms with Gasteiger partial charge in [-0.25, -0.2) is 4.39 Å². The fourth-order valence-corrected chi connectivity index (χ4v) is 3.21. The van der Waals surface area contributed by atoms with Crippen molar-refractivity contribution in [3.63, 3.8) is 0 Å². The average Bonchev–Trinajstić information content (AvgIpc) is 2.77. The molecule has 0 saturated carbocycles. The van der Waals surface area contributed by atoms with Crippen molar-refractivity contribution in [1.29, 1.82) is 0 Å². The van der Waals surface area contributed by atoms with Crippen LogP contribution in [0.1, 0.15) is 32.3 Å². The Kier molecular flexibility index (Phi) is 4.08. The lowest BCUT2D eigenvalue weighted by atomic mass is 10.0. The molecular weight excluding hydrogens is 281 g/mol. The molecule has 1 saturated heterocycles. The van der Waals surface area contributed by atoms with Crippen molar-refractivity contribution in [1.82, 2.24) is 0 Å². The zero-order valence-electron chi connectivity index (χ0n) is 10.4. The third-order valence-corrected chi connectivity index (χ3v) is 4.17. The Hall–Kier alpha value is -0.570. The first kappa shape index (κ1) is 12.9. The molecule has 0 radical (unpaired) electrons. The Bertz CT molecular complexity index is 392. The van der Waals surface area contributed by atoms with E-state index in [0.717, 1.165) is 17.8 Å². The molecule has 3 heteroatoms. The number of anilines is 1. The summed E-state index contributed by atoms with van der Waals surface area (Å²) in [6.07, 6.45) is 2.34. The molecule has 2 rings (SSSR count). The van der Waals surface area contributed by atoms with Gasteiger partial charge in [-0.15, -0.1) is 0 Å². The van der Waals surface area contributed by atoms with Crippen molar-refractivity contribution in [2.45, 2.75) is 38.1 Å². The van der Waals surface area contributed by atoms with Crippen LogP contribution in [0.3, 0.4) is 0 Å². The first-order valence-corrected chi connectivity index (χ1v) is 7.37. The second-order valence-corrected chi connectivity index (χ2v) is 5.59. The maximum Gasteiger partial charge on any atom is 0.146 e. The minimum Gasteiger partial charge on any atom is -0.366 e. The molecule has 17 heavy (non-hydrogen) atoms. The Morgan fingerprint density at radius 3 is 2.88 bits per heavy atom. The minimum absolute atomic E-state index is 0.0884. The minimum atomic E-state index is -0.0884. The summed E-state index contributed by atoms with van der Waals surface area (Å²) in [5.41, 5.74) is 1.86. The van der Waals surface area contributed by atoms with Crippen LogP contribution in [0, 0.1) is 11.7 Å². The standard InChI is InChI=1S/C14H19BrFN/c1-10(2)13-7-4-8-17(13)14-11(9-15)5-3-6-12(14)16/h3,5-6,10,13H,4,7-9H2,1-2H3. The number of benzene rings is 1. The first-order chi connectivity index (χ1) is 8.15. The Labute approximate surface area is 111 Å². The first-order valence-electron chi connectivity index (χ1n) is 6.25. The summed E-state index contributed by atoms with van der Waals surface area (Å²) >= 11 is 3.45. The van der Waals surface area contributed by atoms with E-state index in [1.165, 1.54) is 12.8 Å². The van der Waals surface area contributed by atoms with E-state index in [1.807, 2.05) is 6.07 Å². The summed E-state index contributed by atoms with van der Waals surface area (Å²) in [6, 6.07) is 5.83. The molecule has 0 aliphatic carbocycles. The highest BCUT2D eigenvalue weighted by atomic mass is 79.9. The maximum absolute atomic E-state index is 14.1. The second-order valence-electron chi connectivity index (χ2n) is 5.03. The molecule has 1 nitrogen and oxygen atoms in total. The van der Waals surface area contributed by atoms with E-state index in [4.69, 9.17) is 0 Å². The van der Waals surface area contributed by atoms with E-state index < -0.39 is 0 Å². The summed E-state index contributed by atoms with van der Waals surface area (Å²) in [5, 5.41) is 0.710. The van der Waals surface area contributed by atoms with Crippen LogP contribution >= 0.6 is 15.9 Å². The van der Waals surface area contributed by atoms with Gasteiger partial charge in [0.25, 0.3) is 0 Å². The third-order valence-electron chi connectivity index (χ3n) is 3.57. The predicted molar refractivity (Wildman–Crippen MR) is 74.2 cm³/mol. The zero-order valence-corrected chi connectivity index (χ0v) is 12.0. The lowest BCUT2D eigenvalue weighted by molar-refractivity contribution is 0.485. The second kappa shape index (κ2) is 5.38. The van der Waals surface area contributed by atoms with Crippen molar-refractivity contribution in [2.24, 2.45) is 5.92 Å². The van der Waals surface area contributed by atoms with Crippen molar-refractivity contribution in [3.8, 4) is 0 Å². The van der Waals surface area contributed by atoms with Crippen LogP contribution in [0.2, 0.25) is 0 Å². The predicted octanol–water partition coefficient (Wildman–Crippen LogP) is 4.35. The highest BCUT2D eigenvalue weighted by molar-refractivity contribution is 9.08. The number of halogens is 2. The van der Waals surface area contributed by atoms with E-state index in [0.29, 0.717) is 17.3 Å².